The second kappa shape index (κ2) is 9.69. The minimum Gasteiger partial charge on any atom is -0.858 e. The van der Waals surface area contributed by atoms with Gasteiger partial charge in [-0.1, -0.05) is 43.1 Å². The molecule has 2 aliphatic rings. The number of halogens is 2. The number of imide groups is 1. The van der Waals surface area contributed by atoms with E-state index in [9.17, 15) is 14.7 Å². The smallest absolute Gasteiger partial charge is 0.327 e. The van der Waals surface area contributed by atoms with Crippen molar-refractivity contribution in [1.29, 1.82) is 0 Å². The van der Waals surface area contributed by atoms with Crippen LogP contribution in [0.15, 0.2) is 48.8 Å². The molecule has 0 saturated carbocycles. The maximum absolute atomic E-state index is 13.8. The van der Waals surface area contributed by atoms with Gasteiger partial charge in [0.2, 0.25) is 0 Å². The van der Waals surface area contributed by atoms with Gasteiger partial charge in [-0.2, -0.15) is 9.67 Å². The summed E-state index contributed by atoms with van der Waals surface area (Å²) in [6.45, 7) is 4.49. The van der Waals surface area contributed by atoms with E-state index < -0.39 is 17.7 Å². The van der Waals surface area contributed by atoms with Crippen molar-refractivity contribution in [1.82, 2.24) is 14.7 Å². The predicted octanol–water partition coefficient (Wildman–Crippen LogP) is 3.58. The number of benzene rings is 1. The lowest BCUT2D eigenvalue weighted by Crippen LogP contribution is -2.42. The maximum atomic E-state index is 13.8. The lowest BCUT2D eigenvalue weighted by atomic mass is 9.98. The number of carbonyl (C=O) groups excluding carboxylic acids is 2. The van der Waals surface area contributed by atoms with Crippen LogP contribution in [-0.4, -0.2) is 45.8 Å². The molecule has 2 amide bonds. The SMILES string of the molecule is CC(C)c1nn(-c2ccc(Cl)c(Cl)c2)c([O-])c1C1=C([n+]2ccccc2)C(=O)N(CC2CCCO2)C1=O. The van der Waals surface area contributed by atoms with Gasteiger partial charge in [0.15, 0.2) is 12.4 Å². The third kappa shape index (κ3) is 4.19. The molecule has 3 aromatic rings. The molecule has 0 radical (unpaired) electrons. The molecule has 2 aliphatic heterocycles. The Labute approximate surface area is 218 Å². The number of ether oxygens (including phenoxy) is 1. The Hall–Kier alpha value is -3.20. The van der Waals surface area contributed by atoms with Crippen molar-refractivity contribution in [2.75, 3.05) is 13.2 Å². The van der Waals surface area contributed by atoms with E-state index in [0.717, 1.165) is 12.8 Å². The highest BCUT2D eigenvalue weighted by Gasteiger charge is 2.47. The van der Waals surface area contributed by atoms with Gasteiger partial charge in [0.25, 0.3) is 11.6 Å². The van der Waals surface area contributed by atoms with Crippen LogP contribution in [0.2, 0.25) is 10.0 Å². The number of nitrogens with zero attached hydrogens (tertiary/aromatic N) is 4. The van der Waals surface area contributed by atoms with Crippen LogP contribution < -0.4 is 9.67 Å². The van der Waals surface area contributed by atoms with Gasteiger partial charge in [-0.25, -0.2) is 4.68 Å². The molecule has 1 aromatic carbocycles. The number of amides is 2. The van der Waals surface area contributed by atoms with E-state index in [1.54, 1.807) is 47.3 Å². The first-order valence-corrected chi connectivity index (χ1v) is 12.5. The molecule has 4 heterocycles. The van der Waals surface area contributed by atoms with Crippen molar-refractivity contribution >= 4 is 46.3 Å². The summed E-state index contributed by atoms with van der Waals surface area (Å²) < 4.78 is 8.47. The van der Waals surface area contributed by atoms with Crippen LogP contribution in [0.1, 0.15) is 43.9 Å². The Kier molecular flexibility index (Phi) is 6.59. The Balaban J connectivity index is 1.71. The first-order chi connectivity index (χ1) is 17.3. The lowest BCUT2D eigenvalue weighted by molar-refractivity contribution is -0.576. The number of rotatable bonds is 6. The van der Waals surface area contributed by atoms with Gasteiger partial charge < -0.3 is 9.84 Å². The summed E-state index contributed by atoms with van der Waals surface area (Å²) in [4.78, 5) is 28.7. The van der Waals surface area contributed by atoms with Crippen molar-refractivity contribution in [3.63, 3.8) is 0 Å². The van der Waals surface area contributed by atoms with Crippen LogP contribution in [0, 0.1) is 0 Å². The largest absolute Gasteiger partial charge is 0.858 e. The Morgan fingerprint density at radius 1 is 1.14 bits per heavy atom. The van der Waals surface area contributed by atoms with Crippen molar-refractivity contribution in [2.24, 2.45) is 0 Å². The molecular formula is C26H24Cl2N4O4. The van der Waals surface area contributed by atoms with E-state index in [1.165, 1.54) is 9.58 Å². The van der Waals surface area contributed by atoms with Crippen LogP contribution in [-0.2, 0) is 14.3 Å². The van der Waals surface area contributed by atoms with E-state index in [-0.39, 0.29) is 40.4 Å². The molecule has 10 heteroatoms. The summed E-state index contributed by atoms with van der Waals surface area (Å²) in [6.07, 6.45) is 4.77. The van der Waals surface area contributed by atoms with Gasteiger partial charge in [-0.3, -0.25) is 14.5 Å². The summed E-state index contributed by atoms with van der Waals surface area (Å²) in [7, 11) is 0. The van der Waals surface area contributed by atoms with Crippen molar-refractivity contribution in [2.45, 2.75) is 38.7 Å². The van der Waals surface area contributed by atoms with E-state index in [1.807, 2.05) is 19.9 Å². The van der Waals surface area contributed by atoms with Gasteiger partial charge in [0.05, 0.1) is 34.1 Å². The highest BCUT2D eigenvalue weighted by molar-refractivity contribution is 6.45. The van der Waals surface area contributed by atoms with E-state index >= 15 is 0 Å². The van der Waals surface area contributed by atoms with Crippen LogP contribution in [0.25, 0.3) is 17.0 Å². The van der Waals surface area contributed by atoms with Crippen LogP contribution >= 0.6 is 23.2 Å². The molecule has 186 valence electrons. The lowest BCUT2D eigenvalue weighted by Gasteiger charge is -2.19. The molecule has 0 N–H and O–H groups in total. The molecule has 1 unspecified atom stereocenters. The third-order valence-electron chi connectivity index (χ3n) is 6.34. The number of pyridine rings is 1. The molecule has 2 aromatic heterocycles. The van der Waals surface area contributed by atoms with Crippen molar-refractivity contribution < 1.29 is 24.0 Å². The third-order valence-corrected chi connectivity index (χ3v) is 7.08. The quantitative estimate of drug-likeness (QED) is 0.361. The molecule has 8 nitrogen and oxygen atoms in total. The fourth-order valence-corrected chi connectivity index (χ4v) is 4.88. The summed E-state index contributed by atoms with van der Waals surface area (Å²) in [6, 6.07) is 10.1. The number of carbonyl (C=O) groups is 2. The number of hydrogen-bond acceptors (Lipinski definition) is 5. The van der Waals surface area contributed by atoms with Gasteiger partial charge >= 0.3 is 5.91 Å². The second-order valence-electron chi connectivity index (χ2n) is 9.09. The monoisotopic (exact) mass is 526 g/mol. The van der Waals surface area contributed by atoms with Gasteiger partial charge in [0.1, 0.15) is 5.57 Å². The molecule has 1 atom stereocenters. The summed E-state index contributed by atoms with van der Waals surface area (Å²) >= 11 is 12.3. The average Bonchev–Trinajstić information content (AvgIpc) is 3.55. The highest BCUT2D eigenvalue weighted by Crippen LogP contribution is 2.40. The Morgan fingerprint density at radius 2 is 1.89 bits per heavy atom. The second-order valence-corrected chi connectivity index (χ2v) is 9.91. The first kappa shape index (κ1) is 24.5. The topological polar surface area (TPSA) is 91.4 Å². The van der Waals surface area contributed by atoms with E-state index in [4.69, 9.17) is 27.9 Å². The summed E-state index contributed by atoms with van der Waals surface area (Å²) in [5, 5.41) is 19.0. The predicted molar refractivity (Wildman–Crippen MR) is 133 cm³/mol. The van der Waals surface area contributed by atoms with E-state index in [0.29, 0.717) is 23.0 Å². The minimum absolute atomic E-state index is 0.0363. The van der Waals surface area contributed by atoms with Crippen molar-refractivity contribution in [3.05, 3.63) is 70.1 Å². The fourth-order valence-electron chi connectivity index (χ4n) is 4.58. The first-order valence-electron chi connectivity index (χ1n) is 11.7. The summed E-state index contributed by atoms with van der Waals surface area (Å²) in [5.41, 5.74) is 1.08. The number of hydrogen-bond donors (Lipinski definition) is 0. The molecule has 1 fully saturated rings. The molecule has 5 rings (SSSR count). The zero-order valence-electron chi connectivity index (χ0n) is 19.8. The van der Waals surface area contributed by atoms with Gasteiger partial charge in [0, 0.05) is 24.3 Å². The molecule has 0 spiro atoms. The van der Waals surface area contributed by atoms with Gasteiger partial charge in [-0.15, -0.1) is 0 Å². The van der Waals surface area contributed by atoms with Crippen LogP contribution in [0.4, 0.5) is 0 Å². The van der Waals surface area contributed by atoms with Crippen LogP contribution in [0.5, 0.6) is 5.88 Å². The molecular weight excluding hydrogens is 503 g/mol. The fraction of sp³-hybridized carbons (Fsp3) is 0.308. The maximum Gasteiger partial charge on any atom is 0.327 e. The zero-order valence-corrected chi connectivity index (χ0v) is 21.3. The molecule has 0 bridgehead atoms. The minimum atomic E-state index is -0.533. The molecule has 36 heavy (non-hydrogen) atoms. The number of aromatic nitrogens is 3. The normalized spacial score (nSPS) is 18.2. The van der Waals surface area contributed by atoms with Gasteiger partial charge in [-0.05, 0) is 42.8 Å². The van der Waals surface area contributed by atoms with Crippen molar-refractivity contribution in [3.8, 4) is 11.6 Å². The Morgan fingerprint density at radius 3 is 2.53 bits per heavy atom. The average molecular weight is 527 g/mol. The highest BCUT2D eigenvalue weighted by atomic mass is 35.5. The Bertz CT molecular complexity index is 1380. The summed E-state index contributed by atoms with van der Waals surface area (Å²) in [5.74, 6) is -1.73. The zero-order chi connectivity index (χ0) is 25.6. The molecule has 1 saturated heterocycles. The molecule has 0 aliphatic carbocycles. The standard InChI is InChI=1S/C26H24Cl2N4O4/c1-15(2)22-20(25(34)32(29-22)16-8-9-18(27)19(28)13-16)21-23(30-10-4-3-5-11-30)26(35)31(24(21)33)14-17-7-6-12-36-17/h3-5,8-11,13,15,17H,6-7,12,14H2,1-2H3. The van der Waals surface area contributed by atoms with E-state index in [2.05, 4.69) is 5.10 Å². The van der Waals surface area contributed by atoms with Crippen LogP contribution in [0.3, 0.4) is 0 Å².